The average molecular weight is 250 g/mol. The Morgan fingerprint density at radius 2 is 1.00 bits per heavy atom. The summed E-state index contributed by atoms with van der Waals surface area (Å²) in [7, 11) is 6.85. The van der Waals surface area contributed by atoms with E-state index in [0.717, 1.165) is 4.48 Å². The second-order valence-corrected chi connectivity index (χ2v) is 5.84. The SMILES string of the molecule is CCCCCCCCCCC[N+](C)(C)C.[Cl-]. The van der Waals surface area contributed by atoms with Crippen LogP contribution in [0.25, 0.3) is 0 Å². The Morgan fingerprint density at radius 3 is 1.38 bits per heavy atom. The number of unbranched alkanes of at least 4 members (excludes halogenated alkanes) is 8. The van der Waals surface area contributed by atoms with Gasteiger partial charge in [0.05, 0.1) is 27.7 Å². The second kappa shape index (κ2) is 11.7. The molecule has 0 saturated carbocycles. The Morgan fingerprint density at radius 1 is 0.625 bits per heavy atom. The van der Waals surface area contributed by atoms with Crippen molar-refractivity contribution in [1.29, 1.82) is 0 Å². The van der Waals surface area contributed by atoms with Crippen LogP contribution in [0.3, 0.4) is 0 Å². The molecule has 0 aliphatic carbocycles. The maximum absolute atomic E-state index is 2.28. The molecule has 0 rings (SSSR count). The minimum Gasteiger partial charge on any atom is -1.00 e. The number of quaternary nitrogens is 1. The lowest BCUT2D eigenvalue weighted by atomic mass is 10.1. The fourth-order valence-corrected chi connectivity index (χ4v) is 1.90. The second-order valence-electron chi connectivity index (χ2n) is 5.84. The summed E-state index contributed by atoms with van der Waals surface area (Å²) in [5.74, 6) is 0. The van der Waals surface area contributed by atoms with Gasteiger partial charge in [0.15, 0.2) is 0 Å². The van der Waals surface area contributed by atoms with Crippen molar-refractivity contribution in [3.8, 4) is 0 Å². The quantitative estimate of drug-likeness (QED) is 0.404. The highest BCUT2D eigenvalue weighted by atomic mass is 35.5. The molecule has 16 heavy (non-hydrogen) atoms. The van der Waals surface area contributed by atoms with Crippen LogP contribution in [0.1, 0.15) is 64.7 Å². The molecule has 0 amide bonds. The molecule has 0 bridgehead atoms. The van der Waals surface area contributed by atoms with E-state index in [0.29, 0.717) is 0 Å². The largest absolute Gasteiger partial charge is 1.00 e. The Kier molecular flexibility index (Phi) is 13.6. The van der Waals surface area contributed by atoms with Crippen molar-refractivity contribution >= 4 is 0 Å². The van der Waals surface area contributed by atoms with E-state index in [-0.39, 0.29) is 12.4 Å². The van der Waals surface area contributed by atoms with Crippen LogP contribution in [0.2, 0.25) is 0 Å². The van der Waals surface area contributed by atoms with Gasteiger partial charge in [0.25, 0.3) is 0 Å². The average Bonchev–Trinajstić information content (AvgIpc) is 2.14. The van der Waals surface area contributed by atoms with Gasteiger partial charge in [-0.05, 0) is 12.8 Å². The van der Waals surface area contributed by atoms with Gasteiger partial charge in [0.1, 0.15) is 0 Å². The molecule has 0 spiro atoms. The van der Waals surface area contributed by atoms with Crippen LogP contribution in [0.5, 0.6) is 0 Å². The fraction of sp³-hybridized carbons (Fsp3) is 1.00. The van der Waals surface area contributed by atoms with Crippen molar-refractivity contribution in [3.63, 3.8) is 0 Å². The molecule has 0 saturated heterocycles. The standard InChI is InChI=1S/C14H32N.ClH/c1-5-6-7-8-9-10-11-12-13-14-15(2,3)4;/h5-14H2,1-4H3;1H/q+1;/p-1. The van der Waals surface area contributed by atoms with Gasteiger partial charge >= 0.3 is 0 Å². The summed E-state index contributed by atoms with van der Waals surface area (Å²) in [4.78, 5) is 0. The third-order valence-electron chi connectivity index (χ3n) is 2.93. The van der Waals surface area contributed by atoms with Gasteiger partial charge < -0.3 is 16.9 Å². The van der Waals surface area contributed by atoms with Crippen molar-refractivity contribution < 1.29 is 16.9 Å². The zero-order valence-electron chi connectivity index (χ0n) is 11.9. The lowest BCUT2D eigenvalue weighted by Gasteiger charge is -2.23. The first-order chi connectivity index (χ1) is 7.06. The van der Waals surface area contributed by atoms with Crippen molar-refractivity contribution in [2.45, 2.75) is 64.7 Å². The molecule has 0 heterocycles. The van der Waals surface area contributed by atoms with E-state index in [1.807, 2.05) is 0 Å². The number of hydrogen-bond acceptors (Lipinski definition) is 0. The topological polar surface area (TPSA) is 0 Å². The normalized spacial score (nSPS) is 11.2. The van der Waals surface area contributed by atoms with Gasteiger partial charge in [-0.25, -0.2) is 0 Å². The zero-order chi connectivity index (χ0) is 11.6. The first kappa shape index (κ1) is 18.6. The molecule has 1 nitrogen and oxygen atoms in total. The third kappa shape index (κ3) is 16.7. The maximum Gasteiger partial charge on any atom is 0.0780 e. The van der Waals surface area contributed by atoms with Gasteiger partial charge in [-0.15, -0.1) is 0 Å². The molecular weight excluding hydrogens is 218 g/mol. The molecular formula is C14H32ClN. The molecule has 0 aromatic carbocycles. The summed E-state index contributed by atoms with van der Waals surface area (Å²) in [6, 6.07) is 0. The molecule has 0 atom stereocenters. The van der Waals surface area contributed by atoms with Gasteiger partial charge in [0, 0.05) is 0 Å². The Labute approximate surface area is 110 Å². The first-order valence-corrected chi connectivity index (χ1v) is 6.86. The van der Waals surface area contributed by atoms with E-state index < -0.39 is 0 Å². The molecule has 100 valence electrons. The van der Waals surface area contributed by atoms with E-state index in [2.05, 4.69) is 28.1 Å². The summed E-state index contributed by atoms with van der Waals surface area (Å²) in [5, 5.41) is 0. The van der Waals surface area contributed by atoms with Crippen molar-refractivity contribution in [2.24, 2.45) is 0 Å². The van der Waals surface area contributed by atoms with Crippen LogP contribution in [-0.2, 0) is 0 Å². The summed E-state index contributed by atoms with van der Waals surface area (Å²) < 4.78 is 1.12. The minimum atomic E-state index is 0. The molecule has 0 aliphatic rings. The summed E-state index contributed by atoms with van der Waals surface area (Å²) in [6.07, 6.45) is 12.9. The smallest absolute Gasteiger partial charge is 0.0780 e. The summed E-state index contributed by atoms with van der Waals surface area (Å²) in [6.45, 7) is 3.61. The summed E-state index contributed by atoms with van der Waals surface area (Å²) in [5.41, 5.74) is 0. The Hall–Kier alpha value is 0.250. The highest BCUT2D eigenvalue weighted by molar-refractivity contribution is 4.46. The summed E-state index contributed by atoms with van der Waals surface area (Å²) >= 11 is 0. The monoisotopic (exact) mass is 249 g/mol. The molecule has 0 unspecified atom stereocenters. The zero-order valence-corrected chi connectivity index (χ0v) is 12.7. The molecule has 0 aliphatic heterocycles. The molecule has 0 aromatic rings. The van der Waals surface area contributed by atoms with E-state index in [1.54, 1.807) is 0 Å². The third-order valence-corrected chi connectivity index (χ3v) is 2.93. The van der Waals surface area contributed by atoms with Gasteiger partial charge in [-0.3, -0.25) is 0 Å². The Bertz CT molecular complexity index is 129. The Balaban J connectivity index is 0. The van der Waals surface area contributed by atoms with Crippen LogP contribution < -0.4 is 12.4 Å². The number of hydrogen-bond donors (Lipinski definition) is 0. The predicted octanol–water partition coefficient (Wildman–Crippen LogP) is 1.23. The van der Waals surface area contributed by atoms with E-state index in [4.69, 9.17) is 0 Å². The van der Waals surface area contributed by atoms with Crippen LogP contribution >= 0.6 is 0 Å². The van der Waals surface area contributed by atoms with E-state index in [9.17, 15) is 0 Å². The first-order valence-electron chi connectivity index (χ1n) is 6.86. The highest BCUT2D eigenvalue weighted by Gasteiger charge is 2.04. The highest BCUT2D eigenvalue weighted by Crippen LogP contribution is 2.10. The van der Waals surface area contributed by atoms with Crippen LogP contribution in [-0.4, -0.2) is 32.2 Å². The number of halogens is 1. The molecule has 2 heteroatoms. The van der Waals surface area contributed by atoms with Gasteiger partial charge in [0.2, 0.25) is 0 Å². The van der Waals surface area contributed by atoms with Crippen molar-refractivity contribution in [2.75, 3.05) is 27.7 Å². The fourth-order valence-electron chi connectivity index (χ4n) is 1.90. The predicted molar refractivity (Wildman–Crippen MR) is 70.1 cm³/mol. The maximum atomic E-state index is 2.28. The van der Waals surface area contributed by atoms with Crippen molar-refractivity contribution in [3.05, 3.63) is 0 Å². The van der Waals surface area contributed by atoms with Crippen molar-refractivity contribution in [1.82, 2.24) is 0 Å². The van der Waals surface area contributed by atoms with Gasteiger partial charge in [-0.2, -0.15) is 0 Å². The van der Waals surface area contributed by atoms with Gasteiger partial charge in [-0.1, -0.05) is 51.9 Å². The molecule has 0 radical (unpaired) electrons. The molecule has 0 fully saturated rings. The van der Waals surface area contributed by atoms with Crippen LogP contribution in [0.15, 0.2) is 0 Å². The molecule has 0 aromatic heterocycles. The number of nitrogens with zero attached hydrogens (tertiary/aromatic N) is 1. The molecule has 0 N–H and O–H groups in total. The van der Waals surface area contributed by atoms with E-state index >= 15 is 0 Å². The minimum absolute atomic E-state index is 0. The van der Waals surface area contributed by atoms with E-state index in [1.165, 1.54) is 64.3 Å². The van der Waals surface area contributed by atoms with Crippen LogP contribution in [0, 0.1) is 0 Å². The number of rotatable bonds is 10. The lowest BCUT2D eigenvalue weighted by Crippen LogP contribution is -3.00. The lowest BCUT2D eigenvalue weighted by molar-refractivity contribution is -0.870. The van der Waals surface area contributed by atoms with Crippen LogP contribution in [0.4, 0.5) is 0 Å².